The molecule has 0 spiro atoms. The van der Waals surface area contributed by atoms with Gasteiger partial charge < -0.3 is 4.57 Å². The molecule has 2 aromatic carbocycles. The Morgan fingerprint density at radius 1 is 0.946 bits per heavy atom. The van der Waals surface area contributed by atoms with Crippen LogP contribution in [-0.2, 0) is 10.2 Å². The van der Waals surface area contributed by atoms with Gasteiger partial charge in [-0.15, -0.1) is 0 Å². The highest BCUT2D eigenvalue weighted by Crippen LogP contribution is 2.39. The Hall–Kier alpha value is -3.05. The van der Waals surface area contributed by atoms with E-state index in [0.717, 1.165) is 51.2 Å². The van der Waals surface area contributed by atoms with Crippen molar-refractivity contribution in [3.05, 3.63) is 88.1 Å². The summed E-state index contributed by atoms with van der Waals surface area (Å²) in [5, 5.41) is 0.806. The maximum Gasteiger partial charge on any atom is 0.267 e. The second kappa shape index (κ2) is 10.4. The first-order valence-electron chi connectivity index (χ1n) is 13.4. The number of aromatic nitrogens is 1. The van der Waals surface area contributed by atoms with Crippen LogP contribution in [0.5, 0.6) is 0 Å². The first-order valence-corrected chi connectivity index (χ1v) is 14.2. The van der Waals surface area contributed by atoms with E-state index in [4.69, 9.17) is 4.99 Å². The molecule has 0 unspecified atom stereocenters. The number of amidine groups is 1. The molecule has 0 bridgehead atoms. The van der Waals surface area contributed by atoms with Crippen LogP contribution in [0.4, 0.5) is 5.69 Å². The molecular formula is C32H37N3OS. The van der Waals surface area contributed by atoms with Crippen LogP contribution in [0, 0.1) is 13.8 Å². The third-order valence-corrected chi connectivity index (χ3v) is 8.49. The lowest BCUT2D eigenvalue weighted by atomic mass is 9.87. The number of carbonyl (C=O) groups excluding carboxylic acids is 1. The minimum absolute atomic E-state index is 0.0888. The third-order valence-electron chi connectivity index (χ3n) is 7.51. The van der Waals surface area contributed by atoms with Crippen molar-refractivity contribution >= 4 is 34.6 Å². The van der Waals surface area contributed by atoms with Crippen LogP contribution in [0.3, 0.4) is 0 Å². The van der Waals surface area contributed by atoms with Gasteiger partial charge >= 0.3 is 0 Å². The van der Waals surface area contributed by atoms with Crippen molar-refractivity contribution in [2.45, 2.75) is 78.2 Å². The molecule has 3 aromatic rings. The molecule has 192 valence electrons. The van der Waals surface area contributed by atoms with Crippen molar-refractivity contribution in [2.75, 3.05) is 0 Å². The minimum Gasteiger partial charge on any atom is -0.318 e. The maximum absolute atomic E-state index is 13.8. The second-order valence-electron chi connectivity index (χ2n) is 11.3. The summed E-state index contributed by atoms with van der Waals surface area (Å²) in [5.41, 5.74) is 6.85. The van der Waals surface area contributed by atoms with Gasteiger partial charge in [-0.1, -0.05) is 70.4 Å². The molecule has 1 aliphatic carbocycles. The van der Waals surface area contributed by atoms with Crippen LogP contribution in [0.1, 0.15) is 75.4 Å². The Morgan fingerprint density at radius 2 is 1.62 bits per heavy atom. The highest BCUT2D eigenvalue weighted by Gasteiger charge is 2.38. The van der Waals surface area contributed by atoms with E-state index in [-0.39, 0.29) is 17.4 Å². The van der Waals surface area contributed by atoms with Crippen LogP contribution in [0.2, 0.25) is 0 Å². The Kier molecular flexibility index (Phi) is 7.17. The number of thioether (sulfide) groups is 1. The standard InChI is InChI=1S/C32H37N3OS/c1-22-20-24(23(2)34(22)28-18-16-25(17-19-28)32(3,4)5)21-29-30(36)35(27-14-10-7-11-15-27)31(37-29)33-26-12-8-6-9-13-26/h6,8-9,12-13,16-21,27H,7,10-11,14-15H2,1-5H3/b29-21-,33-31?. The average molecular weight is 512 g/mol. The number of aliphatic imine (C=N–C) groups is 1. The van der Waals surface area contributed by atoms with Crippen molar-refractivity contribution in [1.29, 1.82) is 0 Å². The van der Waals surface area contributed by atoms with Gasteiger partial charge in [-0.3, -0.25) is 9.69 Å². The molecule has 4 nitrogen and oxygen atoms in total. The summed E-state index contributed by atoms with van der Waals surface area (Å²) in [4.78, 5) is 21.4. The molecule has 1 aromatic heterocycles. The summed E-state index contributed by atoms with van der Waals surface area (Å²) in [6.07, 6.45) is 7.76. The Balaban J connectivity index is 1.49. The molecule has 37 heavy (non-hydrogen) atoms. The number of hydrogen-bond acceptors (Lipinski definition) is 3. The van der Waals surface area contributed by atoms with Gasteiger partial charge in [0.15, 0.2) is 5.17 Å². The molecule has 5 heteroatoms. The van der Waals surface area contributed by atoms with Crippen LogP contribution in [0.15, 0.2) is 70.6 Å². The van der Waals surface area contributed by atoms with Gasteiger partial charge in [-0.2, -0.15) is 0 Å². The van der Waals surface area contributed by atoms with Gasteiger partial charge in [0.05, 0.1) is 10.6 Å². The summed E-state index contributed by atoms with van der Waals surface area (Å²) in [6.45, 7) is 11.0. The van der Waals surface area contributed by atoms with Crippen LogP contribution in [0.25, 0.3) is 11.8 Å². The fraction of sp³-hybridized carbons (Fsp3) is 0.375. The average Bonchev–Trinajstić information content (AvgIpc) is 3.34. The first kappa shape index (κ1) is 25.6. The summed E-state index contributed by atoms with van der Waals surface area (Å²) in [5.74, 6) is 0.0888. The van der Waals surface area contributed by atoms with Crippen LogP contribution in [-0.4, -0.2) is 26.6 Å². The number of hydrogen-bond donors (Lipinski definition) is 0. The number of para-hydroxylation sites is 1. The first-order chi connectivity index (χ1) is 17.7. The van der Waals surface area contributed by atoms with Crippen molar-refractivity contribution in [3.63, 3.8) is 0 Å². The summed E-state index contributed by atoms with van der Waals surface area (Å²) in [7, 11) is 0. The number of benzene rings is 2. The van der Waals surface area contributed by atoms with E-state index >= 15 is 0 Å². The molecule has 0 N–H and O–H groups in total. The minimum atomic E-state index is 0.0888. The molecule has 2 aliphatic rings. The molecule has 1 aliphatic heterocycles. The summed E-state index contributed by atoms with van der Waals surface area (Å²) >= 11 is 1.51. The van der Waals surface area contributed by atoms with E-state index in [2.05, 4.69) is 75.6 Å². The molecule has 0 radical (unpaired) electrons. The predicted molar refractivity (Wildman–Crippen MR) is 157 cm³/mol. The molecule has 1 saturated heterocycles. The molecule has 0 atom stereocenters. The van der Waals surface area contributed by atoms with Gasteiger partial charge in [-0.05, 0) is 91.4 Å². The van der Waals surface area contributed by atoms with E-state index in [1.54, 1.807) is 0 Å². The third kappa shape index (κ3) is 5.33. The van der Waals surface area contributed by atoms with E-state index < -0.39 is 0 Å². The SMILES string of the molecule is Cc1cc(/C=C2\SC(=Nc3ccccc3)N(C3CCCCC3)C2=O)c(C)n1-c1ccc(C(C)(C)C)cc1. The van der Waals surface area contributed by atoms with Gasteiger partial charge in [0, 0.05) is 23.1 Å². The largest absolute Gasteiger partial charge is 0.318 e. The Bertz CT molecular complexity index is 1340. The maximum atomic E-state index is 13.8. The van der Waals surface area contributed by atoms with Gasteiger partial charge in [0.1, 0.15) is 0 Å². The molecule has 1 saturated carbocycles. The summed E-state index contributed by atoms with van der Waals surface area (Å²) < 4.78 is 2.28. The second-order valence-corrected chi connectivity index (χ2v) is 12.3. The van der Waals surface area contributed by atoms with Crippen molar-refractivity contribution in [3.8, 4) is 5.69 Å². The monoisotopic (exact) mass is 511 g/mol. The fourth-order valence-electron chi connectivity index (χ4n) is 5.42. The highest BCUT2D eigenvalue weighted by atomic mass is 32.2. The zero-order valence-corrected chi connectivity index (χ0v) is 23.4. The normalized spacial score (nSPS) is 19.4. The van der Waals surface area contributed by atoms with Gasteiger partial charge in [-0.25, -0.2) is 4.99 Å². The van der Waals surface area contributed by atoms with Crippen molar-refractivity contribution < 1.29 is 4.79 Å². The molecule has 2 fully saturated rings. The van der Waals surface area contributed by atoms with Crippen molar-refractivity contribution in [1.82, 2.24) is 9.47 Å². The van der Waals surface area contributed by atoms with Crippen LogP contribution < -0.4 is 0 Å². The molecule has 5 rings (SSSR count). The van der Waals surface area contributed by atoms with Crippen molar-refractivity contribution in [2.24, 2.45) is 4.99 Å². The lowest BCUT2D eigenvalue weighted by Crippen LogP contribution is -2.40. The predicted octanol–water partition coefficient (Wildman–Crippen LogP) is 8.33. The topological polar surface area (TPSA) is 37.6 Å². The van der Waals surface area contributed by atoms with Crippen LogP contribution >= 0.6 is 11.8 Å². The molecule has 2 heterocycles. The van der Waals surface area contributed by atoms with Gasteiger partial charge in [0.2, 0.25) is 0 Å². The van der Waals surface area contributed by atoms with Gasteiger partial charge in [0.25, 0.3) is 5.91 Å². The Morgan fingerprint density at radius 3 is 2.27 bits per heavy atom. The zero-order chi connectivity index (χ0) is 26.2. The molecular weight excluding hydrogens is 474 g/mol. The smallest absolute Gasteiger partial charge is 0.267 e. The number of amides is 1. The van der Waals surface area contributed by atoms with E-state index in [1.807, 2.05) is 35.2 Å². The lowest BCUT2D eigenvalue weighted by Gasteiger charge is -2.30. The van der Waals surface area contributed by atoms with E-state index in [1.165, 1.54) is 36.6 Å². The number of carbonyl (C=O) groups is 1. The molecule has 1 amide bonds. The fourth-order valence-corrected chi connectivity index (χ4v) is 6.47. The number of rotatable bonds is 4. The highest BCUT2D eigenvalue weighted by molar-refractivity contribution is 8.18. The quantitative estimate of drug-likeness (QED) is 0.330. The summed E-state index contributed by atoms with van der Waals surface area (Å²) in [6, 6.07) is 21.2. The van der Waals surface area contributed by atoms with E-state index in [0.29, 0.717) is 0 Å². The zero-order valence-electron chi connectivity index (χ0n) is 22.6. The number of aryl methyl sites for hydroxylation is 1. The number of nitrogens with zero attached hydrogens (tertiary/aromatic N) is 3. The Labute approximate surface area is 225 Å². The van der Waals surface area contributed by atoms with E-state index in [9.17, 15) is 4.79 Å². The lowest BCUT2D eigenvalue weighted by molar-refractivity contribution is -0.124.